The average molecular weight is 290 g/mol. The van der Waals surface area contributed by atoms with Gasteiger partial charge < -0.3 is 14.4 Å². The quantitative estimate of drug-likeness (QED) is 0.853. The number of rotatable bonds is 3. The summed E-state index contributed by atoms with van der Waals surface area (Å²) in [6.45, 7) is 8.42. The van der Waals surface area contributed by atoms with Gasteiger partial charge in [-0.25, -0.2) is 0 Å². The van der Waals surface area contributed by atoms with Crippen molar-refractivity contribution in [2.24, 2.45) is 0 Å². The van der Waals surface area contributed by atoms with Crippen LogP contribution in [0.2, 0.25) is 0 Å². The summed E-state index contributed by atoms with van der Waals surface area (Å²) in [5, 5.41) is 0. The minimum Gasteiger partial charge on any atom is -0.496 e. The molecule has 2 aliphatic heterocycles. The lowest BCUT2D eigenvalue weighted by atomic mass is 10.0. The van der Waals surface area contributed by atoms with Gasteiger partial charge >= 0.3 is 0 Å². The van der Waals surface area contributed by atoms with E-state index in [9.17, 15) is 0 Å². The Morgan fingerprint density at radius 3 is 2.43 bits per heavy atom. The Morgan fingerprint density at radius 2 is 1.81 bits per heavy atom. The zero-order chi connectivity index (χ0) is 14.7. The van der Waals surface area contributed by atoms with Crippen LogP contribution in [0.5, 0.6) is 5.75 Å². The van der Waals surface area contributed by atoms with Crippen LogP contribution in [-0.2, 0) is 4.74 Å². The minimum absolute atomic E-state index is 0.740. The summed E-state index contributed by atoms with van der Waals surface area (Å²) in [4.78, 5) is 5.11. The van der Waals surface area contributed by atoms with Gasteiger partial charge in [0, 0.05) is 37.9 Å². The number of morpholine rings is 1. The van der Waals surface area contributed by atoms with Crippen LogP contribution in [0, 0.1) is 6.92 Å². The van der Waals surface area contributed by atoms with Crippen molar-refractivity contribution in [2.75, 3.05) is 51.4 Å². The van der Waals surface area contributed by atoms with Gasteiger partial charge in [0.05, 0.1) is 20.3 Å². The average Bonchev–Trinajstić information content (AvgIpc) is 2.56. The standard InChI is InChI=1S/C17H26N2O2/c1-14-13-16(3-4-17(14)20-2)18-7-5-15(6-8-18)19-9-11-21-12-10-19/h3-4,13,15H,5-12H2,1-2H3. The first kappa shape index (κ1) is 14.7. The van der Waals surface area contributed by atoms with Crippen molar-refractivity contribution in [1.29, 1.82) is 0 Å². The van der Waals surface area contributed by atoms with Gasteiger partial charge in [0.15, 0.2) is 0 Å². The van der Waals surface area contributed by atoms with Gasteiger partial charge in [-0.3, -0.25) is 4.90 Å². The number of hydrogen-bond donors (Lipinski definition) is 0. The van der Waals surface area contributed by atoms with E-state index in [1.165, 1.54) is 24.1 Å². The highest BCUT2D eigenvalue weighted by Crippen LogP contribution is 2.27. The Bertz CT molecular complexity index is 464. The number of nitrogens with zero attached hydrogens (tertiary/aromatic N) is 2. The fourth-order valence-corrected chi connectivity index (χ4v) is 3.49. The second kappa shape index (κ2) is 6.67. The molecule has 2 aliphatic rings. The Morgan fingerprint density at radius 1 is 1.10 bits per heavy atom. The van der Waals surface area contributed by atoms with Crippen LogP contribution in [0.1, 0.15) is 18.4 Å². The number of aryl methyl sites for hydroxylation is 1. The third kappa shape index (κ3) is 3.33. The number of ether oxygens (including phenoxy) is 2. The lowest BCUT2D eigenvalue weighted by molar-refractivity contribution is 0.0115. The molecule has 3 rings (SSSR count). The maximum absolute atomic E-state index is 5.45. The molecule has 0 N–H and O–H groups in total. The highest BCUT2D eigenvalue weighted by atomic mass is 16.5. The predicted molar refractivity (Wildman–Crippen MR) is 85.4 cm³/mol. The smallest absolute Gasteiger partial charge is 0.121 e. The van der Waals surface area contributed by atoms with E-state index < -0.39 is 0 Å². The van der Waals surface area contributed by atoms with Crippen molar-refractivity contribution >= 4 is 5.69 Å². The van der Waals surface area contributed by atoms with Crippen molar-refractivity contribution in [3.05, 3.63) is 23.8 Å². The normalized spacial score (nSPS) is 21.5. The largest absolute Gasteiger partial charge is 0.496 e. The van der Waals surface area contributed by atoms with E-state index in [4.69, 9.17) is 9.47 Å². The second-order valence-electron chi connectivity index (χ2n) is 6.02. The first-order valence-electron chi connectivity index (χ1n) is 7.99. The van der Waals surface area contributed by atoms with Crippen LogP contribution in [0.4, 0.5) is 5.69 Å². The number of benzene rings is 1. The van der Waals surface area contributed by atoms with Gasteiger partial charge in [0.25, 0.3) is 0 Å². The summed E-state index contributed by atoms with van der Waals surface area (Å²) in [7, 11) is 1.73. The van der Waals surface area contributed by atoms with E-state index in [0.717, 1.165) is 51.2 Å². The zero-order valence-electron chi connectivity index (χ0n) is 13.2. The highest BCUT2D eigenvalue weighted by Gasteiger charge is 2.25. The van der Waals surface area contributed by atoms with Gasteiger partial charge in [0.2, 0.25) is 0 Å². The van der Waals surface area contributed by atoms with E-state index in [1.807, 2.05) is 0 Å². The van der Waals surface area contributed by atoms with E-state index in [2.05, 4.69) is 34.9 Å². The van der Waals surface area contributed by atoms with Crippen LogP contribution in [0.15, 0.2) is 18.2 Å². The van der Waals surface area contributed by atoms with Gasteiger partial charge in [-0.05, 0) is 43.5 Å². The van der Waals surface area contributed by atoms with Crippen LogP contribution < -0.4 is 9.64 Å². The summed E-state index contributed by atoms with van der Waals surface area (Å²) >= 11 is 0. The van der Waals surface area contributed by atoms with E-state index in [-0.39, 0.29) is 0 Å². The molecule has 1 aromatic rings. The van der Waals surface area contributed by atoms with Crippen LogP contribution >= 0.6 is 0 Å². The first-order valence-corrected chi connectivity index (χ1v) is 7.99. The molecule has 0 unspecified atom stereocenters. The molecule has 0 bridgehead atoms. The van der Waals surface area contributed by atoms with Crippen molar-refractivity contribution in [3.8, 4) is 5.75 Å². The molecule has 4 nitrogen and oxygen atoms in total. The van der Waals surface area contributed by atoms with Gasteiger partial charge in [0.1, 0.15) is 5.75 Å². The Hall–Kier alpha value is -1.26. The van der Waals surface area contributed by atoms with Gasteiger partial charge in [-0.2, -0.15) is 0 Å². The van der Waals surface area contributed by atoms with Crippen molar-refractivity contribution < 1.29 is 9.47 Å². The fourth-order valence-electron chi connectivity index (χ4n) is 3.49. The minimum atomic E-state index is 0.740. The molecule has 0 aliphatic carbocycles. The molecule has 0 radical (unpaired) electrons. The van der Waals surface area contributed by atoms with Crippen molar-refractivity contribution in [1.82, 2.24) is 4.90 Å². The Labute approximate surface area is 127 Å². The van der Waals surface area contributed by atoms with Crippen molar-refractivity contribution in [2.45, 2.75) is 25.8 Å². The van der Waals surface area contributed by atoms with Crippen molar-refractivity contribution in [3.63, 3.8) is 0 Å². The monoisotopic (exact) mass is 290 g/mol. The van der Waals surface area contributed by atoms with Crippen LogP contribution in [0.25, 0.3) is 0 Å². The summed E-state index contributed by atoms with van der Waals surface area (Å²) < 4.78 is 10.8. The number of anilines is 1. The highest BCUT2D eigenvalue weighted by molar-refractivity contribution is 5.53. The van der Waals surface area contributed by atoms with Crippen LogP contribution in [-0.4, -0.2) is 57.4 Å². The molecule has 2 saturated heterocycles. The number of hydrogen-bond acceptors (Lipinski definition) is 4. The van der Waals surface area contributed by atoms with Gasteiger partial charge in [-0.1, -0.05) is 0 Å². The molecule has 0 saturated carbocycles. The number of methoxy groups -OCH3 is 1. The lowest BCUT2D eigenvalue weighted by Crippen LogP contribution is -2.49. The van der Waals surface area contributed by atoms with E-state index in [0.29, 0.717) is 0 Å². The molecule has 21 heavy (non-hydrogen) atoms. The molecular weight excluding hydrogens is 264 g/mol. The van der Waals surface area contributed by atoms with Crippen LogP contribution in [0.3, 0.4) is 0 Å². The second-order valence-corrected chi connectivity index (χ2v) is 6.02. The molecule has 0 atom stereocenters. The summed E-state index contributed by atoms with van der Waals surface area (Å²) in [5.41, 5.74) is 2.54. The SMILES string of the molecule is COc1ccc(N2CCC(N3CCOCC3)CC2)cc1C. The fraction of sp³-hybridized carbons (Fsp3) is 0.647. The van der Waals surface area contributed by atoms with Gasteiger partial charge in [-0.15, -0.1) is 0 Å². The molecule has 2 heterocycles. The third-order valence-corrected chi connectivity index (χ3v) is 4.77. The molecular formula is C17H26N2O2. The summed E-state index contributed by atoms with van der Waals surface area (Å²) in [5.74, 6) is 0.974. The molecule has 2 fully saturated rings. The first-order chi connectivity index (χ1) is 10.3. The maximum Gasteiger partial charge on any atom is 0.121 e. The molecule has 116 valence electrons. The zero-order valence-corrected chi connectivity index (χ0v) is 13.2. The molecule has 0 aromatic heterocycles. The van der Waals surface area contributed by atoms with E-state index >= 15 is 0 Å². The third-order valence-electron chi connectivity index (χ3n) is 4.77. The number of piperidine rings is 1. The molecule has 0 amide bonds. The molecule has 0 spiro atoms. The predicted octanol–water partition coefficient (Wildman–Crippen LogP) is 2.30. The Balaban J connectivity index is 1.58. The topological polar surface area (TPSA) is 24.9 Å². The molecule has 1 aromatic carbocycles. The lowest BCUT2D eigenvalue weighted by Gasteiger charge is -2.40. The summed E-state index contributed by atoms with van der Waals surface area (Å²) in [6.07, 6.45) is 2.51. The molecule has 4 heteroatoms. The maximum atomic E-state index is 5.45. The van der Waals surface area contributed by atoms with E-state index in [1.54, 1.807) is 7.11 Å². The summed E-state index contributed by atoms with van der Waals surface area (Å²) in [6, 6.07) is 7.25. The Kier molecular flexibility index (Phi) is 4.66.